The standard InChI is InChI=1S/C25H24N4O2/c1-31-24-12-19-7-8-26-13-21(19)11-23(24)29-25-27-14-20-6-5-18(10-22(20)28-25)17-4-2-3-16(9-17)15-30/h2-6,9-12,14,26,30H,7-8,13,15H2,1H3,(H,27,28,29). The molecule has 4 aromatic rings. The molecular weight excluding hydrogens is 388 g/mol. The summed E-state index contributed by atoms with van der Waals surface area (Å²) in [6, 6.07) is 18.2. The van der Waals surface area contributed by atoms with Gasteiger partial charge in [-0.2, -0.15) is 0 Å². The lowest BCUT2D eigenvalue weighted by Gasteiger charge is -2.20. The molecule has 1 aromatic heterocycles. The Hall–Kier alpha value is -3.48. The van der Waals surface area contributed by atoms with E-state index in [1.165, 1.54) is 11.1 Å². The summed E-state index contributed by atoms with van der Waals surface area (Å²) in [6.45, 7) is 1.86. The molecule has 0 unspecified atom stereocenters. The van der Waals surface area contributed by atoms with Crippen molar-refractivity contribution in [3.8, 4) is 16.9 Å². The molecule has 0 fully saturated rings. The normalized spacial score (nSPS) is 13.1. The van der Waals surface area contributed by atoms with Crippen molar-refractivity contribution in [1.29, 1.82) is 0 Å². The number of nitrogens with zero attached hydrogens (tertiary/aromatic N) is 2. The zero-order valence-electron chi connectivity index (χ0n) is 17.4. The molecule has 2 heterocycles. The van der Waals surface area contributed by atoms with Gasteiger partial charge in [-0.25, -0.2) is 9.97 Å². The fourth-order valence-electron chi connectivity index (χ4n) is 4.01. The maximum Gasteiger partial charge on any atom is 0.227 e. The second kappa shape index (κ2) is 8.34. The second-order valence-corrected chi connectivity index (χ2v) is 7.70. The Balaban J connectivity index is 1.49. The Morgan fingerprint density at radius 3 is 2.84 bits per heavy atom. The van der Waals surface area contributed by atoms with Crippen molar-refractivity contribution in [2.75, 3.05) is 19.0 Å². The monoisotopic (exact) mass is 412 g/mol. The molecule has 0 atom stereocenters. The molecule has 0 bridgehead atoms. The van der Waals surface area contributed by atoms with Crippen LogP contribution < -0.4 is 15.4 Å². The van der Waals surface area contributed by atoms with E-state index in [9.17, 15) is 5.11 Å². The highest BCUT2D eigenvalue weighted by Gasteiger charge is 2.15. The molecule has 0 saturated carbocycles. The van der Waals surface area contributed by atoms with Crippen LogP contribution in [0.1, 0.15) is 16.7 Å². The Bertz CT molecular complexity index is 1260. The van der Waals surface area contributed by atoms with Crippen molar-refractivity contribution < 1.29 is 9.84 Å². The van der Waals surface area contributed by atoms with Gasteiger partial charge in [0.2, 0.25) is 5.95 Å². The predicted molar refractivity (Wildman–Crippen MR) is 123 cm³/mol. The highest BCUT2D eigenvalue weighted by molar-refractivity contribution is 5.85. The fraction of sp³-hybridized carbons (Fsp3) is 0.200. The number of aliphatic hydroxyl groups excluding tert-OH is 1. The molecule has 0 aliphatic carbocycles. The molecule has 0 amide bonds. The quantitative estimate of drug-likeness (QED) is 0.456. The van der Waals surface area contributed by atoms with Crippen LogP contribution in [-0.4, -0.2) is 28.7 Å². The minimum absolute atomic E-state index is 0.0236. The van der Waals surface area contributed by atoms with Gasteiger partial charge in [-0.05, 0) is 65.0 Å². The van der Waals surface area contributed by atoms with E-state index in [1.54, 1.807) is 7.11 Å². The van der Waals surface area contributed by atoms with Gasteiger partial charge in [0.05, 0.1) is 24.9 Å². The average molecular weight is 412 g/mol. The number of aliphatic hydroxyl groups is 1. The molecule has 156 valence electrons. The summed E-state index contributed by atoms with van der Waals surface area (Å²) < 4.78 is 5.61. The lowest BCUT2D eigenvalue weighted by molar-refractivity contribution is 0.282. The van der Waals surface area contributed by atoms with Gasteiger partial charge in [0.25, 0.3) is 0 Å². The molecule has 6 heteroatoms. The largest absolute Gasteiger partial charge is 0.495 e. The number of nitrogens with one attached hydrogen (secondary N) is 2. The number of methoxy groups -OCH3 is 1. The van der Waals surface area contributed by atoms with E-state index in [2.05, 4.69) is 33.8 Å². The number of fused-ring (bicyclic) bond motifs is 2. The number of anilines is 2. The first-order chi connectivity index (χ1) is 15.2. The topological polar surface area (TPSA) is 79.3 Å². The summed E-state index contributed by atoms with van der Waals surface area (Å²) >= 11 is 0. The third-order valence-electron chi connectivity index (χ3n) is 5.68. The molecule has 6 nitrogen and oxygen atoms in total. The van der Waals surface area contributed by atoms with Crippen LogP contribution in [-0.2, 0) is 19.6 Å². The van der Waals surface area contributed by atoms with E-state index in [1.807, 2.05) is 42.6 Å². The lowest BCUT2D eigenvalue weighted by atomic mass is 10.00. The third kappa shape index (κ3) is 3.95. The van der Waals surface area contributed by atoms with Gasteiger partial charge in [-0.3, -0.25) is 0 Å². The molecule has 31 heavy (non-hydrogen) atoms. The van der Waals surface area contributed by atoms with E-state index in [-0.39, 0.29) is 6.61 Å². The van der Waals surface area contributed by atoms with Gasteiger partial charge in [-0.15, -0.1) is 0 Å². The minimum Gasteiger partial charge on any atom is -0.495 e. The number of ether oxygens (including phenoxy) is 1. The summed E-state index contributed by atoms with van der Waals surface area (Å²) in [6.07, 6.45) is 2.82. The van der Waals surface area contributed by atoms with Gasteiger partial charge in [0, 0.05) is 18.1 Å². The molecule has 0 radical (unpaired) electrons. The Labute approximate surface area is 180 Å². The van der Waals surface area contributed by atoms with Gasteiger partial charge in [0.15, 0.2) is 0 Å². The summed E-state index contributed by atoms with van der Waals surface area (Å²) in [5.74, 6) is 1.31. The maximum atomic E-state index is 9.43. The first kappa shape index (κ1) is 19.5. The lowest BCUT2D eigenvalue weighted by Crippen LogP contribution is -2.23. The summed E-state index contributed by atoms with van der Waals surface area (Å²) in [5, 5.41) is 17.1. The smallest absolute Gasteiger partial charge is 0.227 e. The van der Waals surface area contributed by atoms with Gasteiger partial charge in [-0.1, -0.05) is 30.3 Å². The van der Waals surface area contributed by atoms with Crippen LogP contribution in [0.4, 0.5) is 11.6 Å². The van der Waals surface area contributed by atoms with Crippen molar-refractivity contribution in [3.05, 3.63) is 77.5 Å². The van der Waals surface area contributed by atoms with Crippen LogP contribution in [0.25, 0.3) is 22.0 Å². The molecule has 0 saturated heterocycles. The van der Waals surface area contributed by atoms with E-state index in [4.69, 9.17) is 9.72 Å². The summed E-state index contributed by atoms with van der Waals surface area (Å²) in [4.78, 5) is 9.24. The first-order valence-electron chi connectivity index (χ1n) is 10.4. The molecule has 3 aromatic carbocycles. The predicted octanol–water partition coefficient (Wildman–Crippen LogP) is 4.19. The number of rotatable bonds is 5. The molecule has 5 rings (SSSR count). The zero-order chi connectivity index (χ0) is 21.2. The maximum absolute atomic E-state index is 9.43. The Morgan fingerprint density at radius 1 is 1.06 bits per heavy atom. The second-order valence-electron chi connectivity index (χ2n) is 7.70. The van der Waals surface area contributed by atoms with E-state index in [0.29, 0.717) is 5.95 Å². The highest BCUT2D eigenvalue weighted by Crippen LogP contribution is 2.32. The Morgan fingerprint density at radius 2 is 1.97 bits per heavy atom. The van der Waals surface area contributed by atoms with Crippen LogP contribution in [0.5, 0.6) is 5.75 Å². The summed E-state index contributed by atoms with van der Waals surface area (Å²) in [7, 11) is 1.68. The SMILES string of the molecule is COc1cc2c(cc1Nc1ncc3ccc(-c4cccc(CO)c4)cc3n1)CNCC2. The Kier molecular flexibility index (Phi) is 5.24. The highest BCUT2D eigenvalue weighted by atomic mass is 16.5. The van der Waals surface area contributed by atoms with Crippen LogP contribution in [0.2, 0.25) is 0 Å². The van der Waals surface area contributed by atoms with Crippen molar-refractivity contribution in [1.82, 2.24) is 15.3 Å². The summed E-state index contributed by atoms with van der Waals surface area (Å²) in [5.41, 5.74) is 7.27. The van der Waals surface area contributed by atoms with Crippen LogP contribution in [0.15, 0.2) is 60.8 Å². The third-order valence-corrected chi connectivity index (χ3v) is 5.68. The van der Waals surface area contributed by atoms with Crippen molar-refractivity contribution in [3.63, 3.8) is 0 Å². The van der Waals surface area contributed by atoms with E-state index >= 15 is 0 Å². The van der Waals surface area contributed by atoms with E-state index in [0.717, 1.165) is 58.5 Å². The average Bonchev–Trinajstić information content (AvgIpc) is 2.83. The zero-order valence-corrected chi connectivity index (χ0v) is 17.4. The van der Waals surface area contributed by atoms with Gasteiger partial charge < -0.3 is 20.5 Å². The van der Waals surface area contributed by atoms with Crippen LogP contribution >= 0.6 is 0 Å². The number of benzene rings is 3. The van der Waals surface area contributed by atoms with Crippen molar-refractivity contribution >= 4 is 22.5 Å². The van der Waals surface area contributed by atoms with Gasteiger partial charge >= 0.3 is 0 Å². The molecule has 0 spiro atoms. The first-order valence-corrected chi connectivity index (χ1v) is 10.4. The number of aromatic nitrogens is 2. The van der Waals surface area contributed by atoms with Crippen LogP contribution in [0.3, 0.4) is 0 Å². The minimum atomic E-state index is 0.0236. The molecule has 3 N–H and O–H groups in total. The van der Waals surface area contributed by atoms with Gasteiger partial charge in [0.1, 0.15) is 5.75 Å². The number of hydrogen-bond acceptors (Lipinski definition) is 6. The van der Waals surface area contributed by atoms with Crippen molar-refractivity contribution in [2.24, 2.45) is 0 Å². The molecular formula is C25H24N4O2. The van der Waals surface area contributed by atoms with Crippen LogP contribution in [0, 0.1) is 0 Å². The van der Waals surface area contributed by atoms with Crippen molar-refractivity contribution in [2.45, 2.75) is 19.6 Å². The number of hydrogen-bond donors (Lipinski definition) is 3. The van der Waals surface area contributed by atoms with E-state index < -0.39 is 0 Å². The fourth-order valence-corrected chi connectivity index (χ4v) is 4.01. The molecule has 1 aliphatic rings. The molecule has 1 aliphatic heterocycles.